The van der Waals surface area contributed by atoms with E-state index in [0.29, 0.717) is 33.1 Å². The van der Waals surface area contributed by atoms with E-state index in [2.05, 4.69) is 5.32 Å². The van der Waals surface area contributed by atoms with E-state index in [1.54, 1.807) is 34.9 Å². The molecule has 1 N–H and O–H groups in total. The molecule has 0 spiro atoms. The Hall–Kier alpha value is -3.98. The quantitative estimate of drug-likeness (QED) is 0.158. The van der Waals surface area contributed by atoms with Crippen LogP contribution in [0.3, 0.4) is 0 Å². The molecule has 0 bridgehead atoms. The molecule has 0 aliphatic carbocycles. The van der Waals surface area contributed by atoms with Crippen molar-refractivity contribution in [3.63, 3.8) is 0 Å². The summed E-state index contributed by atoms with van der Waals surface area (Å²) in [7, 11) is 0. The van der Waals surface area contributed by atoms with Gasteiger partial charge in [0.05, 0.1) is 21.5 Å². The number of rotatable bonds is 7. The van der Waals surface area contributed by atoms with E-state index in [1.165, 1.54) is 23.9 Å². The molecule has 36 heavy (non-hydrogen) atoms. The standard InChI is InChI=1S/C27H26N4O4S/c1-16(2)28-25(32)20-8-9-23-24(14-20)29-27(36-15-19-6-5-7-21(13-19)31(34)35)30(26(23)33)22-11-17(3)10-18(4)12-22/h5-14,16H,15H2,1-4H3,(H,28,32). The summed E-state index contributed by atoms with van der Waals surface area (Å²) in [6.45, 7) is 7.68. The Bertz CT molecular complexity index is 1520. The minimum Gasteiger partial charge on any atom is -0.350 e. The maximum atomic E-state index is 13.7. The molecular weight excluding hydrogens is 476 g/mol. The second-order valence-corrected chi connectivity index (χ2v) is 9.90. The molecule has 0 fully saturated rings. The molecule has 0 radical (unpaired) electrons. The average molecular weight is 503 g/mol. The third kappa shape index (κ3) is 5.46. The van der Waals surface area contributed by atoms with Crippen molar-refractivity contribution in [3.05, 3.63) is 103 Å². The molecule has 9 heteroatoms. The van der Waals surface area contributed by atoms with Gasteiger partial charge in [-0.1, -0.05) is 30.0 Å². The predicted molar refractivity (Wildman–Crippen MR) is 142 cm³/mol. The Labute approximate surface area is 212 Å². The highest BCUT2D eigenvalue weighted by Crippen LogP contribution is 2.27. The summed E-state index contributed by atoms with van der Waals surface area (Å²) < 4.78 is 1.57. The third-order valence-electron chi connectivity index (χ3n) is 5.47. The second kappa shape index (κ2) is 10.3. The average Bonchev–Trinajstić information content (AvgIpc) is 2.81. The normalized spacial score (nSPS) is 11.1. The van der Waals surface area contributed by atoms with Gasteiger partial charge in [0.2, 0.25) is 0 Å². The maximum Gasteiger partial charge on any atom is 0.269 e. The Morgan fingerprint density at radius 3 is 2.47 bits per heavy atom. The molecule has 0 unspecified atom stereocenters. The van der Waals surface area contributed by atoms with Crippen molar-refractivity contribution >= 4 is 34.3 Å². The van der Waals surface area contributed by atoms with Gasteiger partial charge in [0.15, 0.2) is 5.16 Å². The topological polar surface area (TPSA) is 107 Å². The Kier molecular flexibility index (Phi) is 7.21. The van der Waals surface area contributed by atoms with Crippen molar-refractivity contribution in [2.45, 2.75) is 44.6 Å². The highest BCUT2D eigenvalue weighted by molar-refractivity contribution is 7.98. The molecule has 4 aromatic rings. The summed E-state index contributed by atoms with van der Waals surface area (Å²) in [4.78, 5) is 41.8. The number of nitrogens with zero attached hydrogens (tertiary/aromatic N) is 3. The predicted octanol–water partition coefficient (Wildman–Crippen LogP) is 5.34. The van der Waals surface area contributed by atoms with Crippen molar-refractivity contribution in [1.82, 2.24) is 14.9 Å². The van der Waals surface area contributed by atoms with Crippen LogP contribution in [0.1, 0.15) is 40.9 Å². The summed E-state index contributed by atoms with van der Waals surface area (Å²) >= 11 is 1.31. The highest BCUT2D eigenvalue weighted by Gasteiger charge is 2.17. The number of nitro benzene ring substituents is 1. The summed E-state index contributed by atoms with van der Waals surface area (Å²) in [5, 5.41) is 14.9. The first-order chi connectivity index (χ1) is 17.1. The number of hydrogen-bond acceptors (Lipinski definition) is 6. The molecule has 0 saturated carbocycles. The number of aryl methyl sites for hydroxylation is 2. The minimum atomic E-state index is -0.433. The van der Waals surface area contributed by atoms with Crippen LogP contribution < -0.4 is 10.9 Å². The SMILES string of the molecule is Cc1cc(C)cc(-n2c(SCc3cccc([N+](=O)[O-])c3)nc3cc(C(=O)NC(C)C)ccc3c2=O)c1. The van der Waals surface area contributed by atoms with Crippen LogP contribution >= 0.6 is 11.8 Å². The molecule has 0 atom stereocenters. The zero-order valence-electron chi connectivity index (χ0n) is 20.4. The first kappa shape index (κ1) is 25.1. The molecule has 4 rings (SSSR count). The minimum absolute atomic E-state index is 0.00655. The van der Waals surface area contributed by atoms with Crippen molar-refractivity contribution < 1.29 is 9.72 Å². The fourth-order valence-electron chi connectivity index (χ4n) is 3.96. The van der Waals surface area contributed by atoms with Crippen LogP contribution in [0.25, 0.3) is 16.6 Å². The highest BCUT2D eigenvalue weighted by atomic mass is 32.2. The lowest BCUT2D eigenvalue weighted by Crippen LogP contribution is -2.30. The van der Waals surface area contributed by atoms with Gasteiger partial charge in [-0.05, 0) is 74.7 Å². The summed E-state index contributed by atoms with van der Waals surface area (Å²) in [6, 6.07) is 17.1. The van der Waals surface area contributed by atoms with Crippen LogP contribution in [0, 0.1) is 24.0 Å². The molecule has 1 heterocycles. The van der Waals surface area contributed by atoms with Crippen molar-refractivity contribution in [2.24, 2.45) is 0 Å². The van der Waals surface area contributed by atoms with E-state index >= 15 is 0 Å². The third-order valence-corrected chi connectivity index (χ3v) is 6.48. The summed E-state index contributed by atoms with van der Waals surface area (Å²) in [5.41, 5.74) is 4.03. The van der Waals surface area contributed by atoms with Crippen LogP contribution in [0.5, 0.6) is 0 Å². The van der Waals surface area contributed by atoms with Crippen LogP contribution in [-0.4, -0.2) is 26.4 Å². The van der Waals surface area contributed by atoms with Crippen molar-refractivity contribution in [1.29, 1.82) is 0 Å². The number of carbonyl (C=O) groups is 1. The summed E-state index contributed by atoms with van der Waals surface area (Å²) in [5.74, 6) is 0.135. The zero-order valence-corrected chi connectivity index (χ0v) is 21.3. The van der Waals surface area contributed by atoms with E-state index in [-0.39, 0.29) is 23.2 Å². The lowest BCUT2D eigenvalue weighted by atomic mass is 10.1. The monoisotopic (exact) mass is 502 g/mol. The van der Waals surface area contributed by atoms with Gasteiger partial charge in [-0.2, -0.15) is 0 Å². The van der Waals surface area contributed by atoms with E-state index in [4.69, 9.17) is 4.98 Å². The van der Waals surface area contributed by atoms with Crippen molar-refractivity contribution in [2.75, 3.05) is 0 Å². The molecule has 184 valence electrons. The first-order valence-corrected chi connectivity index (χ1v) is 12.4. The lowest BCUT2D eigenvalue weighted by molar-refractivity contribution is -0.384. The molecule has 0 saturated heterocycles. The molecule has 0 aliphatic rings. The van der Waals surface area contributed by atoms with Gasteiger partial charge in [-0.15, -0.1) is 0 Å². The molecule has 8 nitrogen and oxygen atoms in total. The molecule has 1 amide bonds. The van der Waals surface area contributed by atoms with Crippen LogP contribution in [0.4, 0.5) is 5.69 Å². The molecular formula is C27H26N4O4S. The van der Waals surface area contributed by atoms with E-state index in [1.807, 2.05) is 45.9 Å². The largest absolute Gasteiger partial charge is 0.350 e. The molecule has 3 aromatic carbocycles. The van der Waals surface area contributed by atoms with Crippen LogP contribution in [0.15, 0.2) is 70.6 Å². The van der Waals surface area contributed by atoms with Gasteiger partial charge < -0.3 is 5.32 Å². The Balaban J connectivity index is 1.84. The number of nitro groups is 1. The molecule has 0 aliphatic heterocycles. The molecule has 1 aromatic heterocycles. The van der Waals surface area contributed by atoms with E-state index in [9.17, 15) is 19.7 Å². The number of thioether (sulfide) groups is 1. The smallest absolute Gasteiger partial charge is 0.269 e. The lowest BCUT2D eigenvalue weighted by Gasteiger charge is -2.15. The first-order valence-electron chi connectivity index (χ1n) is 11.4. The fraction of sp³-hybridized carbons (Fsp3) is 0.222. The van der Waals surface area contributed by atoms with Gasteiger partial charge in [-0.25, -0.2) is 4.98 Å². The van der Waals surface area contributed by atoms with Gasteiger partial charge in [0.25, 0.3) is 17.2 Å². The Morgan fingerprint density at radius 2 is 1.81 bits per heavy atom. The Morgan fingerprint density at radius 1 is 1.08 bits per heavy atom. The number of fused-ring (bicyclic) bond motifs is 1. The van der Waals surface area contributed by atoms with E-state index < -0.39 is 4.92 Å². The number of nitrogens with one attached hydrogen (secondary N) is 1. The van der Waals surface area contributed by atoms with Gasteiger partial charge in [0, 0.05) is 29.5 Å². The van der Waals surface area contributed by atoms with E-state index in [0.717, 1.165) is 16.7 Å². The number of amides is 1. The van der Waals surface area contributed by atoms with Crippen LogP contribution in [-0.2, 0) is 5.75 Å². The number of benzene rings is 3. The second-order valence-electron chi connectivity index (χ2n) is 8.96. The van der Waals surface area contributed by atoms with Gasteiger partial charge in [0.1, 0.15) is 0 Å². The van der Waals surface area contributed by atoms with Crippen LogP contribution in [0.2, 0.25) is 0 Å². The maximum absolute atomic E-state index is 13.7. The number of carbonyl (C=O) groups excluding carboxylic acids is 1. The van der Waals surface area contributed by atoms with Gasteiger partial charge in [-0.3, -0.25) is 24.3 Å². The number of aromatic nitrogens is 2. The number of non-ortho nitro benzene ring substituents is 1. The van der Waals surface area contributed by atoms with Crippen molar-refractivity contribution in [3.8, 4) is 5.69 Å². The summed E-state index contributed by atoms with van der Waals surface area (Å²) in [6.07, 6.45) is 0. The number of hydrogen-bond donors (Lipinski definition) is 1. The zero-order chi connectivity index (χ0) is 26.0. The fourth-order valence-corrected chi connectivity index (χ4v) is 4.92. The van der Waals surface area contributed by atoms with Gasteiger partial charge >= 0.3 is 0 Å².